The molecule has 0 bridgehead atoms. The molecule has 0 aromatic carbocycles. The summed E-state index contributed by atoms with van der Waals surface area (Å²) in [6, 6.07) is 0. The van der Waals surface area contributed by atoms with Crippen molar-refractivity contribution in [1.29, 1.82) is 0 Å². The second-order valence-corrected chi connectivity index (χ2v) is 7.19. The lowest BCUT2D eigenvalue weighted by molar-refractivity contribution is 0.149. The van der Waals surface area contributed by atoms with Gasteiger partial charge in [0.05, 0.1) is 0 Å². The molecule has 2 saturated carbocycles. The van der Waals surface area contributed by atoms with E-state index in [0.29, 0.717) is 0 Å². The topological polar surface area (TPSA) is 0 Å². The van der Waals surface area contributed by atoms with Crippen LogP contribution >= 0.6 is 0 Å². The van der Waals surface area contributed by atoms with E-state index in [2.05, 4.69) is 20.8 Å². The summed E-state index contributed by atoms with van der Waals surface area (Å²) in [5, 5.41) is 0. The molecule has 2 fully saturated rings. The molecule has 0 nitrogen and oxygen atoms in total. The maximum atomic E-state index is 2.48. The Morgan fingerprint density at radius 3 is 2.12 bits per heavy atom. The van der Waals surface area contributed by atoms with Gasteiger partial charge in [0.2, 0.25) is 0 Å². The zero-order chi connectivity index (χ0) is 12.3. The highest BCUT2D eigenvalue weighted by atomic mass is 14.3. The summed E-state index contributed by atoms with van der Waals surface area (Å²) in [6.07, 6.45) is 13.6. The van der Waals surface area contributed by atoms with Gasteiger partial charge in [-0.1, -0.05) is 65.7 Å². The van der Waals surface area contributed by atoms with Crippen LogP contribution in [0.3, 0.4) is 0 Å². The van der Waals surface area contributed by atoms with Crippen molar-refractivity contribution >= 4 is 0 Å². The van der Waals surface area contributed by atoms with Gasteiger partial charge in [-0.25, -0.2) is 0 Å². The van der Waals surface area contributed by atoms with Crippen LogP contribution in [0, 0.1) is 29.6 Å². The standard InChI is InChI=1S/C17H32/c1-4-17-12-16(10-7-14(17)3)11-15-8-5-13(2)6-9-15/h13-17H,4-12H2,1-3H3. The molecule has 0 aromatic heterocycles. The molecule has 0 N–H and O–H groups in total. The number of hydrogen-bond acceptors (Lipinski definition) is 0. The van der Waals surface area contributed by atoms with E-state index in [-0.39, 0.29) is 0 Å². The van der Waals surface area contributed by atoms with Crippen molar-refractivity contribution in [1.82, 2.24) is 0 Å². The van der Waals surface area contributed by atoms with Crippen LogP contribution in [0.1, 0.15) is 78.6 Å². The highest BCUT2D eigenvalue weighted by Gasteiger charge is 2.29. The summed E-state index contributed by atoms with van der Waals surface area (Å²) < 4.78 is 0. The van der Waals surface area contributed by atoms with Gasteiger partial charge in [-0.05, 0) is 42.4 Å². The maximum Gasteiger partial charge on any atom is -0.0388 e. The lowest BCUT2D eigenvalue weighted by Crippen LogP contribution is -2.25. The van der Waals surface area contributed by atoms with Crippen molar-refractivity contribution in [3.8, 4) is 0 Å². The monoisotopic (exact) mass is 236 g/mol. The summed E-state index contributed by atoms with van der Waals surface area (Å²) in [5.41, 5.74) is 0. The fraction of sp³-hybridized carbons (Fsp3) is 1.00. The highest BCUT2D eigenvalue weighted by molar-refractivity contribution is 4.80. The van der Waals surface area contributed by atoms with Crippen LogP contribution in [0.5, 0.6) is 0 Å². The van der Waals surface area contributed by atoms with E-state index in [1.54, 1.807) is 12.8 Å². The smallest absolute Gasteiger partial charge is 0.0388 e. The Balaban J connectivity index is 1.75. The molecule has 17 heavy (non-hydrogen) atoms. The first kappa shape index (κ1) is 13.4. The average Bonchev–Trinajstić information content (AvgIpc) is 2.34. The van der Waals surface area contributed by atoms with Gasteiger partial charge in [0.25, 0.3) is 0 Å². The number of rotatable bonds is 3. The molecule has 0 aromatic rings. The van der Waals surface area contributed by atoms with Gasteiger partial charge in [0.15, 0.2) is 0 Å². The molecule has 0 heterocycles. The molecule has 3 atom stereocenters. The van der Waals surface area contributed by atoms with Crippen molar-refractivity contribution in [2.75, 3.05) is 0 Å². The fourth-order valence-electron chi connectivity index (χ4n) is 4.33. The second kappa shape index (κ2) is 6.25. The van der Waals surface area contributed by atoms with Crippen molar-refractivity contribution in [2.24, 2.45) is 29.6 Å². The first-order valence-electron chi connectivity index (χ1n) is 8.19. The first-order chi connectivity index (χ1) is 8.19. The minimum atomic E-state index is 1.00. The summed E-state index contributed by atoms with van der Waals surface area (Å²) in [5.74, 6) is 5.22. The molecule has 0 spiro atoms. The Labute approximate surface area is 109 Å². The van der Waals surface area contributed by atoms with Crippen LogP contribution in [0.15, 0.2) is 0 Å². The molecule has 0 amide bonds. The predicted octanol–water partition coefficient (Wildman–Crippen LogP) is 5.67. The third-order valence-electron chi connectivity index (χ3n) is 5.80. The molecule has 3 unspecified atom stereocenters. The minimum Gasteiger partial charge on any atom is -0.0651 e. The van der Waals surface area contributed by atoms with Crippen LogP contribution in [-0.2, 0) is 0 Å². The van der Waals surface area contributed by atoms with Crippen molar-refractivity contribution in [3.63, 3.8) is 0 Å². The van der Waals surface area contributed by atoms with E-state index < -0.39 is 0 Å². The molecule has 2 aliphatic carbocycles. The van der Waals surface area contributed by atoms with Crippen LogP contribution in [0.4, 0.5) is 0 Å². The van der Waals surface area contributed by atoms with E-state index in [1.807, 2.05) is 0 Å². The Morgan fingerprint density at radius 1 is 0.824 bits per heavy atom. The Morgan fingerprint density at radius 2 is 1.47 bits per heavy atom. The van der Waals surface area contributed by atoms with Crippen LogP contribution in [-0.4, -0.2) is 0 Å². The fourth-order valence-corrected chi connectivity index (χ4v) is 4.33. The van der Waals surface area contributed by atoms with Gasteiger partial charge < -0.3 is 0 Å². The molecular weight excluding hydrogens is 204 g/mol. The van der Waals surface area contributed by atoms with Gasteiger partial charge >= 0.3 is 0 Å². The first-order valence-corrected chi connectivity index (χ1v) is 8.19. The number of hydrogen-bond donors (Lipinski definition) is 0. The summed E-state index contributed by atoms with van der Waals surface area (Å²) in [7, 11) is 0. The molecule has 0 saturated heterocycles. The average molecular weight is 236 g/mol. The lowest BCUT2D eigenvalue weighted by Gasteiger charge is -2.36. The normalized spacial score (nSPS) is 43.6. The summed E-state index contributed by atoms with van der Waals surface area (Å²) >= 11 is 0. The molecule has 0 aliphatic heterocycles. The molecule has 0 heteroatoms. The van der Waals surface area contributed by atoms with Crippen LogP contribution in [0.25, 0.3) is 0 Å². The highest BCUT2D eigenvalue weighted by Crippen LogP contribution is 2.41. The minimum absolute atomic E-state index is 1.00. The van der Waals surface area contributed by atoms with Gasteiger partial charge in [0, 0.05) is 0 Å². The zero-order valence-corrected chi connectivity index (χ0v) is 12.3. The zero-order valence-electron chi connectivity index (χ0n) is 12.3. The van der Waals surface area contributed by atoms with Gasteiger partial charge in [-0.2, -0.15) is 0 Å². The van der Waals surface area contributed by atoms with E-state index in [1.165, 1.54) is 44.9 Å². The third kappa shape index (κ3) is 3.73. The van der Waals surface area contributed by atoms with Crippen molar-refractivity contribution in [2.45, 2.75) is 78.6 Å². The Kier molecular flexibility index (Phi) is 4.94. The molecule has 100 valence electrons. The van der Waals surface area contributed by atoms with E-state index in [4.69, 9.17) is 0 Å². The molecule has 0 radical (unpaired) electrons. The molecular formula is C17H32. The van der Waals surface area contributed by atoms with Crippen LogP contribution < -0.4 is 0 Å². The van der Waals surface area contributed by atoms with Crippen molar-refractivity contribution in [3.05, 3.63) is 0 Å². The molecule has 2 aliphatic rings. The van der Waals surface area contributed by atoms with E-state index >= 15 is 0 Å². The van der Waals surface area contributed by atoms with E-state index in [0.717, 1.165) is 29.6 Å². The van der Waals surface area contributed by atoms with Gasteiger partial charge in [-0.15, -0.1) is 0 Å². The third-order valence-corrected chi connectivity index (χ3v) is 5.80. The Hall–Kier alpha value is 0. The molecule has 2 rings (SSSR count). The second-order valence-electron chi connectivity index (χ2n) is 7.19. The largest absolute Gasteiger partial charge is 0.0651 e. The van der Waals surface area contributed by atoms with Crippen molar-refractivity contribution < 1.29 is 0 Å². The summed E-state index contributed by atoms with van der Waals surface area (Å²) in [4.78, 5) is 0. The summed E-state index contributed by atoms with van der Waals surface area (Å²) in [6.45, 7) is 7.31. The Bertz CT molecular complexity index is 212. The maximum absolute atomic E-state index is 2.48. The SMILES string of the molecule is CCC1CC(CC2CCC(C)CC2)CCC1C. The van der Waals surface area contributed by atoms with Gasteiger partial charge in [0.1, 0.15) is 0 Å². The van der Waals surface area contributed by atoms with Crippen LogP contribution in [0.2, 0.25) is 0 Å². The predicted molar refractivity (Wildman–Crippen MR) is 76.0 cm³/mol. The lowest BCUT2D eigenvalue weighted by atomic mass is 9.69. The quantitative estimate of drug-likeness (QED) is 0.592. The van der Waals surface area contributed by atoms with E-state index in [9.17, 15) is 0 Å². The van der Waals surface area contributed by atoms with Gasteiger partial charge in [-0.3, -0.25) is 0 Å².